The van der Waals surface area contributed by atoms with Crippen molar-refractivity contribution in [2.45, 2.75) is 44.6 Å². The summed E-state index contributed by atoms with van der Waals surface area (Å²) in [5.41, 5.74) is 0. The van der Waals surface area contributed by atoms with Gasteiger partial charge in [0, 0.05) is 0 Å². The Hall–Kier alpha value is -0.800. The number of nitrogens with zero attached hydrogens (tertiary/aromatic N) is 2. The van der Waals surface area contributed by atoms with Crippen LogP contribution >= 0.6 is 0 Å². The summed E-state index contributed by atoms with van der Waals surface area (Å²) < 4.78 is 0. The van der Waals surface area contributed by atoms with Gasteiger partial charge in [0.05, 0.1) is 12.6 Å². The van der Waals surface area contributed by atoms with Crippen LogP contribution in [0.4, 0.5) is 0 Å². The second-order valence-corrected chi connectivity index (χ2v) is 4.16. The van der Waals surface area contributed by atoms with E-state index in [-0.39, 0.29) is 11.1 Å². The first-order valence-corrected chi connectivity index (χ1v) is 5.20. The maximum atomic E-state index is 10.7. The van der Waals surface area contributed by atoms with E-state index in [9.17, 15) is 10.1 Å². The summed E-state index contributed by atoms with van der Waals surface area (Å²) in [6.07, 6.45) is 6.88. The van der Waals surface area contributed by atoms with Gasteiger partial charge in [-0.25, -0.2) is 10.1 Å². The molecule has 2 aliphatic rings. The molecule has 0 aromatic rings. The molecule has 2 unspecified atom stereocenters. The van der Waals surface area contributed by atoms with Crippen molar-refractivity contribution in [2.75, 3.05) is 6.54 Å². The fourth-order valence-electron chi connectivity index (χ4n) is 2.80. The van der Waals surface area contributed by atoms with Gasteiger partial charge in [0.15, 0.2) is 5.03 Å². The van der Waals surface area contributed by atoms with Crippen LogP contribution in [0, 0.1) is 16.0 Å². The van der Waals surface area contributed by atoms with Gasteiger partial charge in [0.1, 0.15) is 0 Å². The standard InChI is InChI=1S/C9H16N2O2/c12-11(13)10-7-3-5-8-4-1-2-6-9(8)10/h8-9H,1-7H2. The number of nitro groups is 1. The van der Waals surface area contributed by atoms with Crippen LogP contribution < -0.4 is 0 Å². The molecule has 1 saturated carbocycles. The Morgan fingerprint density at radius 3 is 2.62 bits per heavy atom. The van der Waals surface area contributed by atoms with Gasteiger partial charge in [0.2, 0.25) is 0 Å². The van der Waals surface area contributed by atoms with E-state index in [1.54, 1.807) is 0 Å². The SMILES string of the molecule is O=[N+]([O-])N1CCCC2CCCCC21. The molecule has 74 valence electrons. The third-order valence-corrected chi connectivity index (χ3v) is 3.42. The molecule has 2 rings (SSSR count). The van der Waals surface area contributed by atoms with Crippen LogP contribution in [0.15, 0.2) is 0 Å². The Balaban J connectivity index is 2.06. The van der Waals surface area contributed by atoms with Gasteiger partial charge >= 0.3 is 0 Å². The quantitative estimate of drug-likeness (QED) is 0.461. The van der Waals surface area contributed by atoms with E-state index in [2.05, 4.69) is 0 Å². The second kappa shape index (κ2) is 3.52. The lowest BCUT2D eigenvalue weighted by Gasteiger charge is -2.38. The van der Waals surface area contributed by atoms with Gasteiger partial charge < -0.3 is 0 Å². The number of rotatable bonds is 1. The van der Waals surface area contributed by atoms with Gasteiger partial charge in [-0.1, -0.05) is 12.8 Å². The highest BCUT2D eigenvalue weighted by atomic mass is 16.7. The minimum absolute atomic E-state index is 0.192. The number of fused-ring (bicyclic) bond motifs is 1. The van der Waals surface area contributed by atoms with Crippen molar-refractivity contribution in [1.82, 2.24) is 5.01 Å². The maximum Gasteiger partial charge on any atom is 0.160 e. The normalized spacial score (nSPS) is 34.0. The predicted octanol–water partition coefficient (Wildman–Crippen LogP) is 1.83. The smallest absolute Gasteiger partial charge is 0.160 e. The Morgan fingerprint density at radius 1 is 1.15 bits per heavy atom. The van der Waals surface area contributed by atoms with Crippen LogP contribution in [-0.2, 0) is 0 Å². The molecule has 2 fully saturated rings. The molecule has 0 spiro atoms. The van der Waals surface area contributed by atoms with E-state index in [0.29, 0.717) is 12.5 Å². The average molecular weight is 184 g/mol. The molecule has 2 atom stereocenters. The first kappa shape index (κ1) is 8.78. The minimum Gasteiger partial charge on any atom is -0.235 e. The maximum absolute atomic E-state index is 10.7. The fraction of sp³-hybridized carbons (Fsp3) is 1.00. The lowest BCUT2D eigenvalue weighted by Crippen LogP contribution is -2.49. The highest BCUT2D eigenvalue weighted by Crippen LogP contribution is 2.34. The first-order chi connectivity index (χ1) is 6.29. The molecule has 0 N–H and O–H groups in total. The lowest BCUT2D eigenvalue weighted by molar-refractivity contribution is -0.669. The van der Waals surface area contributed by atoms with E-state index in [4.69, 9.17) is 0 Å². The monoisotopic (exact) mass is 184 g/mol. The molecule has 0 aromatic heterocycles. The summed E-state index contributed by atoms with van der Waals surface area (Å²) in [7, 11) is 0. The minimum atomic E-state index is -0.192. The van der Waals surface area contributed by atoms with Crippen molar-refractivity contribution in [3.63, 3.8) is 0 Å². The first-order valence-electron chi connectivity index (χ1n) is 5.20. The summed E-state index contributed by atoms with van der Waals surface area (Å²) in [5.74, 6) is 0.605. The summed E-state index contributed by atoms with van der Waals surface area (Å²) in [6, 6.07) is 0.248. The van der Waals surface area contributed by atoms with Crippen LogP contribution in [0.1, 0.15) is 38.5 Å². The predicted molar refractivity (Wildman–Crippen MR) is 48.7 cm³/mol. The number of hydrazine groups is 1. The molecule has 4 nitrogen and oxygen atoms in total. The summed E-state index contributed by atoms with van der Waals surface area (Å²) in [6.45, 7) is 0.661. The van der Waals surface area contributed by atoms with E-state index >= 15 is 0 Å². The van der Waals surface area contributed by atoms with Crippen LogP contribution in [0.5, 0.6) is 0 Å². The zero-order valence-corrected chi connectivity index (χ0v) is 7.82. The molecular formula is C9H16N2O2. The van der Waals surface area contributed by atoms with E-state index in [1.807, 2.05) is 0 Å². The molecule has 0 radical (unpaired) electrons. The Morgan fingerprint density at radius 2 is 1.85 bits per heavy atom. The zero-order valence-electron chi connectivity index (χ0n) is 7.82. The molecule has 0 bridgehead atoms. The van der Waals surface area contributed by atoms with Gasteiger partial charge in [-0.2, -0.15) is 0 Å². The molecule has 13 heavy (non-hydrogen) atoms. The van der Waals surface area contributed by atoms with Crippen LogP contribution in [0.25, 0.3) is 0 Å². The van der Waals surface area contributed by atoms with Crippen LogP contribution in [-0.4, -0.2) is 22.6 Å². The molecule has 0 amide bonds. The van der Waals surface area contributed by atoms with Crippen molar-refractivity contribution >= 4 is 0 Å². The third kappa shape index (κ3) is 1.62. The van der Waals surface area contributed by atoms with Crippen LogP contribution in [0.2, 0.25) is 0 Å². The number of hydrogen-bond donors (Lipinski definition) is 0. The second-order valence-electron chi connectivity index (χ2n) is 4.16. The highest BCUT2D eigenvalue weighted by Gasteiger charge is 2.38. The van der Waals surface area contributed by atoms with Gasteiger partial charge in [-0.15, -0.1) is 5.01 Å². The molecule has 0 aromatic carbocycles. The largest absolute Gasteiger partial charge is 0.235 e. The van der Waals surface area contributed by atoms with E-state index in [1.165, 1.54) is 30.7 Å². The molecular weight excluding hydrogens is 168 g/mol. The van der Waals surface area contributed by atoms with Crippen molar-refractivity contribution in [3.05, 3.63) is 10.1 Å². The van der Waals surface area contributed by atoms with Crippen molar-refractivity contribution in [1.29, 1.82) is 0 Å². The molecule has 1 aliphatic carbocycles. The van der Waals surface area contributed by atoms with Gasteiger partial charge in [0.25, 0.3) is 0 Å². The third-order valence-electron chi connectivity index (χ3n) is 3.42. The molecule has 1 heterocycles. The van der Waals surface area contributed by atoms with Crippen molar-refractivity contribution in [3.8, 4) is 0 Å². The van der Waals surface area contributed by atoms with Crippen molar-refractivity contribution in [2.24, 2.45) is 5.92 Å². The highest BCUT2D eigenvalue weighted by molar-refractivity contribution is 4.83. The Bertz CT molecular complexity index is 206. The Labute approximate surface area is 78.0 Å². The average Bonchev–Trinajstić information content (AvgIpc) is 2.17. The summed E-state index contributed by atoms with van der Waals surface area (Å²) in [5, 5.41) is 12.0. The zero-order chi connectivity index (χ0) is 9.26. The number of hydrogen-bond acceptors (Lipinski definition) is 2. The van der Waals surface area contributed by atoms with Crippen molar-refractivity contribution < 1.29 is 5.03 Å². The number of piperidine rings is 1. The van der Waals surface area contributed by atoms with E-state index < -0.39 is 0 Å². The van der Waals surface area contributed by atoms with Gasteiger partial charge in [-0.05, 0) is 31.6 Å². The summed E-state index contributed by atoms with van der Waals surface area (Å²) >= 11 is 0. The molecule has 4 heteroatoms. The van der Waals surface area contributed by atoms with Gasteiger partial charge in [-0.3, -0.25) is 0 Å². The summed E-state index contributed by atoms with van der Waals surface area (Å²) in [4.78, 5) is 10.7. The molecule has 1 saturated heterocycles. The lowest BCUT2D eigenvalue weighted by atomic mass is 9.79. The van der Waals surface area contributed by atoms with E-state index in [0.717, 1.165) is 12.8 Å². The topological polar surface area (TPSA) is 46.4 Å². The fourth-order valence-corrected chi connectivity index (χ4v) is 2.80. The van der Waals surface area contributed by atoms with Crippen LogP contribution in [0.3, 0.4) is 0 Å². The Kier molecular flexibility index (Phi) is 2.38. The molecule has 1 aliphatic heterocycles.